The van der Waals surface area contributed by atoms with Crippen molar-refractivity contribution in [3.63, 3.8) is 0 Å². The first kappa shape index (κ1) is 38.0. The SMILES string of the molecule is N[C@@H](Cc1cc(I)c(Oc2cc(I)c(O)c(I)c2)c(I)c1)C(=O)O.O=C(O)[C@H](Cc1ccc(Oc2ccc(O)cc2)cc1)NI. The molecule has 0 aliphatic heterocycles. The first-order valence-electron chi connectivity index (χ1n) is 12.7. The quantitative estimate of drug-likeness (QED) is 0.0647. The number of nitrogens with two attached hydrogens (primary N) is 1. The molecule has 0 saturated heterocycles. The molecule has 0 saturated carbocycles. The van der Waals surface area contributed by atoms with Crippen LogP contribution in [-0.4, -0.2) is 44.4 Å². The van der Waals surface area contributed by atoms with Crippen LogP contribution in [0.2, 0.25) is 0 Å². The van der Waals surface area contributed by atoms with E-state index in [4.69, 9.17) is 25.4 Å². The molecule has 7 N–H and O–H groups in total. The summed E-state index contributed by atoms with van der Waals surface area (Å²) in [5.74, 6) is 1.13. The van der Waals surface area contributed by atoms with Crippen molar-refractivity contribution >= 4 is 125 Å². The van der Waals surface area contributed by atoms with Crippen LogP contribution in [0.4, 0.5) is 0 Å². The average Bonchev–Trinajstić information content (AvgIpc) is 2.98. The van der Waals surface area contributed by atoms with Crippen molar-refractivity contribution in [2.45, 2.75) is 24.9 Å². The number of carboxylic acid groups (broad SMARTS) is 2. The van der Waals surface area contributed by atoms with Crippen LogP contribution in [0.15, 0.2) is 72.8 Å². The fourth-order valence-electron chi connectivity index (χ4n) is 3.64. The number of hydrogen-bond donors (Lipinski definition) is 6. The number of nitrogens with one attached hydrogen (secondary N) is 1. The number of phenolic OH excluding ortho intramolecular Hbond substituents is 2. The van der Waals surface area contributed by atoms with Gasteiger partial charge in [-0.05, 0) is 175 Å². The highest BCUT2D eigenvalue weighted by atomic mass is 127. The number of ether oxygens (including phenoxy) is 2. The van der Waals surface area contributed by atoms with Crippen molar-refractivity contribution in [1.82, 2.24) is 3.53 Å². The van der Waals surface area contributed by atoms with Gasteiger partial charge in [0, 0.05) is 22.9 Å². The molecule has 0 aliphatic carbocycles. The molecule has 10 nitrogen and oxygen atoms in total. The Morgan fingerprint density at radius 2 is 1.20 bits per heavy atom. The minimum atomic E-state index is -1.02. The van der Waals surface area contributed by atoms with Crippen LogP contribution >= 0.6 is 113 Å². The molecule has 0 unspecified atom stereocenters. The number of aromatic hydroxyl groups is 2. The zero-order valence-corrected chi connectivity index (χ0v) is 33.7. The van der Waals surface area contributed by atoms with Crippen molar-refractivity contribution in [2.24, 2.45) is 5.73 Å². The molecule has 4 aromatic rings. The van der Waals surface area contributed by atoms with Crippen molar-refractivity contribution in [3.8, 4) is 34.5 Å². The molecule has 0 amide bonds. The van der Waals surface area contributed by atoms with Gasteiger partial charge < -0.3 is 35.6 Å². The van der Waals surface area contributed by atoms with E-state index in [1.54, 1.807) is 48.5 Å². The summed E-state index contributed by atoms with van der Waals surface area (Å²) in [6, 6.07) is 19.4. The molecule has 15 heteroatoms. The maximum absolute atomic E-state index is 11.0. The van der Waals surface area contributed by atoms with E-state index in [2.05, 4.69) is 93.9 Å². The van der Waals surface area contributed by atoms with Crippen molar-refractivity contribution < 1.29 is 39.5 Å². The molecule has 2 atom stereocenters. The summed E-state index contributed by atoms with van der Waals surface area (Å²) in [5.41, 5.74) is 7.35. The normalized spacial score (nSPS) is 12.0. The lowest BCUT2D eigenvalue weighted by Crippen LogP contribution is -2.32. The van der Waals surface area contributed by atoms with Gasteiger partial charge in [0.15, 0.2) is 5.75 Å². The Labute approximate surface area is 327 Å². The van der Waals surface area contributed by atoms with Gasteiger partial charge in [-0.15, -0.1) is 0 Å². The molecule has 0 radical (unpaired) electrons. The number of carbonyl (C=O) groups is 2. The standard InChI is InChI=1S/C15H11I4NO4.C15H14INO4/c16-8-4-7(5-9(17)13(8)21)24-14-10(18)1-6(2-11(14)19)3-12(20)15(22)23;16-17-14(15(19)20)9-10-1-5-12(6-2-10)21-13-7-3-11(18)4-8-13/h1-2,4-5,12,21H,3,20H2,(H,22,23);1-8,14,17-18H,9H2,(H,19,20)/t12-;14-/m00/s1. The Morgan fingerprint density at radius 3 is 1.67 bits per heavy atom. The topological polar surface area (TPSA) is 172 Å². The zero-order chi connectivity index (χ0) is 33.3. The second kappa shape index (κ2) is 18.2. The third-order valence-corrected chi connectivity index (χ3v) is 9.91. The number of phenols is 2. The van der Waals surface area contributed by atoms with Gasteiger partial charge in [0.2, 0.25) is 0 Å². The monoisotopic (exact) mass is 1180 g/mol. The molecule has 0 bridgehead atoms. The first-order chi connectivity index (χ1) is 21.3. The lowest BCUT2D eigenvalue weighted by atomic mass is 10.1. The molecule has 238 valence electrons. The highest BCUT2D eigenvalue weighted by Gasteiger charge is 2.17. The maximum Gasteiger partial charge on any atom is 0.321 e. The number of aliphatic carboxylic acids is 2. The van der Waals surface area contributed by atoms with Crippen LogP contribution in [0.1, 0.15) is 11.1 Å². The Hall–Kier alpha value is -1.41. The van der Waals surface area contributed by atoms with E-state index in [-0.39, 0.29) is 17.9 Å². The fourth-order valence-corrected chi connectivity index (χ4v) is 7.95. The third kappa shape index (κ3) is 12.0. The second-order valence-corrected chi connectivity index (χ2v) is 14.6. The third-order valence-electron chi connectivity index (χ3n) is 5.91. The van der Waals surface area contributed by atoms with Crippen LogP contribution in [0, 0.1) is 14.3 Å². The van der Waals surface area contributed by atoms with Crippen LogP contribution in [-0.2, 0) is 22.4 Å². The first-order valence-corrected chi connectivity index (χ1v) is 18.1. The molecule has 0 aliphatic rings. The summed E-state index contributed by atoms with van der Waals surface area (Å²) in [4.78, 5) is 21.9. The van der Waals surface area contributed by atoms with Crippen molar-refractivity contribution in [2.75, 3.05) is 0 Å². The summed E-state index contributed by atoms with van der Waals surface area (Å²) in [7, 11) is 0. The molecule has 0 fully saturated rings. The molecule has 0 spiro atoms. The Bertz CT molecular complexity index is 1590. The zero-order valence-electron chi connectivity index (χ0n) is 22.9. The van der Waals surface area contributed by atoms with Crippen LogP contribution in [0.3, 0.4) is 0 Å². The Balaban J connectivity index is 0.000000248. The molecular formula is C30H25I5N2O8. The second-order valence-electron chi connectivity index (χ2n) is 9.32. The van der Waals surface area contributed by atoms with Gasteiger partial charge in [0.05, 0.1) is 14.3 Å². The van der Waals surface area contributed by atoms with Crippen LogP contribution in [0.5, 0.6) is 34.5 Å². The number of carboxylic acids is 2. The maximum atomic E-state index is 11.0. The summed E-state index contributed by atoms with van der Waals surface area (Å²) >= 11 is 10.3. The minimum Gasteiger partial charge on any atom is -0.508 e. The average molecular weight is 1180 g/mol. The van der Waals surface area contributed by atoms with Gasteiger partial charge in [-0.2, -0.15) is 0 Å². The fraction of sp³-hybridized carbons (Fsp3) is 0.133. The molecule has 4 rings (SSSR count). The van der Waals surface area contributed by atoms with E-state index in [1.807, 2.05) is 47.1 Å². The minimum absolute atomic E-state index is 0.184. The predicted molar refractivity (Wildman–Crippen MR) is 212 cm³/mol. The summed E-state index contributed by atoms with van der Waals surface area (Å²) < 4.78 is 17.5. The van der Waals surface area contributed by atoms with Crippen LogP contribution in [0.25, 0.3) is 0 Å². The highest BCUT2D eigenvalue weighted by molar-refractivity contribution is 14.1. The lowest BCUT2D eigenvalue weighted by molar-refractivity contribution is -0.139. The molecule has 4 aromatic carbocycles. The summed E-state index contributed by atoms with van der Waals surface area (Å²) in [6.07, 6.45) is 0.661. The van der Waals surface area contributed by atoms with E-state index in [1.165, 1.54) is 0 Å². The van der Waals surface area contributed by atoms with E-state index in [9.17, 15) is 19.8 Å². The number of halogens is 5. The van der Waals surface area contributed by atoms with E-state index >= 15 is 0 Å². The Kier molecular flexibility index (Phi) is 15.4. The predicted octanol–water partition coefficient (Wildman–Crippen LogP) is 7.68. The molecule has 0 aromatic heterocycles. The summed E-state index contributed by atoms with van der Waals surface area (Å²) in [5, 5.41) is 37.0. The highest BCUT2D eigenvalue weighted by Crippen LogP contribution is 2.37. The largest absolute Gasteiger partial charge is 0.508 e. The molecular weight excluding hydrogens is 1150 g/mol. The van der Waals surface area contributed by atoms with E-state index < -0.39 is 24.0 Å². The molecule has 0 heterocycles. The molecule has 45 heavy (non-hydrogen) atoms. The van der Waals surface area contributed by atoms with E-state index in [0.29, 0.717) is 36.6 Å². The lowest BCUT2D eigenvalue weighted by Gasteiger charge is -2.14. The number of hydrogen-bond acceptors (Lipinski definition) is 8. The van der Waals surface area contributed by atoms with Gasteiger partial charge in [-0.25, -0.2) is 3.53 Å². The smallest absolute Gasteiger partial charge is 0.321 e. The number of rotatable bonds is 11. The van der Waals surface area contributed by atoms with Gasteiger partial charge in [-0.1, -0.05) is 12.1 Å². The van der Waals surface area contributed by atoms with E-state index in [0.717, 1.165) is 18.3 Å². The van der Waals surface area contributed by atoms with Gasteiger partial charge in [-0.3, -0.25) is 9.59 Å². The van der Waals surface area contributed by atoms with Crippen LogP contribution < -0.4 is 18.7 Å². The van der Waals surface area contributed by atoms with Gasteiger partial charge in [0.1, 0.15) is 40.8 Å². The van der Waals surface area contributed by atoms with Gasteiger partial charge >= 0.3 is 11.9 Å². The summed E-state index contributed by atoms with van der Waals surface area (Å²) in [6.45, 7) is 0. The van der Waals surface area contributed by atoms with Gasteiger partial charge in [0.25, 0.3) is 0 Å². The van der Waals surface area contributed by atoms with Crippen molar-refractivity contribution in [3.05, 3.63) is 98.2 Å². The Morgan fingerprint density at radius 1 is 0.689 bits per heavy atom. The number of benzene rings is 4. The van der Waals surface area contributed by atoms with Crippen molar-refractivity contribution in [1.29, 1.82) is 0 Å².